The fourth-order valence-electron chi connectivity index (χ4n) is 2.38. The molecule has 0 aliphatic carbocycles. The van der Waals surface area contributed by atoms with Gasteiger partial charge in [0.1, 0.15) is 17.0 Å². The number of carbonyl (C=O) groups excluding carboxylic acids is 1. The van der Waals surface area contributed by atoms with Gasteiger partial charge in [-0.25, -0.2) is 9.97 Å². The van der Waals surface area contributed by atoms with E-state index in [4.69, 9.17) is 4.74 Å². The Labute approximate surface area is 143 Å². The van der Waals surface area contributed by atoms with Gasteiger partial charge in [-0.05, 0) is 19.9 Å². The summed E-state index contributed by atoms with van der Waals surface area (Å²) in [6.07, 6.45) is 1.41. The molecule has 2 N–H and O–H groups in total. The zero-order valence-corrected chi connectivity index (χ0v) is 14.3. The summed E-state index contributed by atoms with van der Waals surface area (Å²) in [4.78, 5) is 21.6. The van der Waals surface area contributed by atoms with Gasteiger partial charge in [0, 0.05) is 5.56 Å². The molecule has 1 atom stereocenters. The summed E-state index contributed by atoms with van der Waals surface area (Å²) in [5, 5.41) is 10.2. The van der Waals surface area contributed by atoms with E-state index in [1.54, 1.807) is 14.0 Å². The van der Waals surface area contributed by atoms with Gasteiger partial charge in [-0.2, -0.15) is 5.10 Å². The number of aromatic nitrogens is 4. The van der Waals surface area contributed by atoms with Gasteiger partial charge in [-0.3, -0.25) is 9.89 Å². The highest BCUT2D eigenvalue weighted by Crippen LogP contribution is 2.27. The van der Waals surface area contributed by atoms with Crippen molar-refractivity contribution in [1.82, 2.24) is 25.5 Å². The fourth-order valence-corrected chi connectivity index (χ4v) is 3.30. The average Bonchev–Trinajstić information content (AvgIpc) is 3.24. The van der Waals surface area contributed by atoms with Gasteiger partial charge in [-0.15, -0.1) is 11.3 Å². The van der Waals surface area contributed by atoms with E-state index in [0.29, 0.717) is 21.4 Å². The molecule has 0 bridgehead atoms. The van der Waals surface area contributed by atoms with Crippen LogP contribution in [0.3, 0.4) is 0 Å². The first-order chi connectivity index (χ1) is 11.6. The largest absolute Gasteiger partial charge is 0.496 e. The van der Waals surface area contributed by atoms with E-state index < -0.39 is 0 Å². The first-order valence-corrected chi connectivity index (χ1v) is 8.18. The third-order valence-corrected chi connectivity index (χ3v) is 4.74. The number of aromatic amines is 1. The number of hydrogen-bond donors (Lipinski definition) is 2. The van der Waals surface area contributed by atoms with Crippen LogP contribution in [0, 0.1) is 6.92 Å². The minimum Gasteiger partial charge on any atom is -0.496 e. The molecule has 0 radical (unpaired) electrons. The number of hydrogen-bond acceptors (Lipinski definition) is 6. The highest BCUT2D eigenvalue weighted by atomic mass is 32.1. The van der Waals surface area contributed by atoms with Crippen molar-refractivity contribution in [3.63, 3.8) is 0 Å². The first kappa shape index (κ1) is 16.1. The number of ether oxygens (including phenoxy) is 1. The zero-order chi connectivity index (χ0) is 17.1. The molecule has 7 nitrogen and oxygen atoms in total. The highest BCUT2D eigenvalue weighted by molar-refractivity contribution is 7.17. The maximum absolute atomic E-state index is 12.6. The molecule has 2 heterocycles. The van der Waals surface area contributed by atoms with Crippen LogP contribution >= 0.6 is 11.3 Å². The molecule has 0 saturated carbocycles. The Morgan fingerprint density at radius 2 is 2.17 bits per heavy atom. The van der Waals surface area contributed by atoms with Crippen LogP contribution in [0.4, 0.5) is 0 Å². The lowest BCUT2D eigenvalue weighted by Crippen LogP contribution is -2.26. The Bertz CT molecular complexity index is 844. The quantitative estimate of drug-likeness (QED) is 0.743. The summed E-state index contributed by atoms with van der Waals surface area (Å²) in [6.45, 7) is 3.72. The van der Waals surface area contributed by atoms with Crippen LogP contribution in [-0.4, -0.2) is 33.2 Å². The van der Waals surface area contributed by atoms with Crippen molar-refractivity contribution < 1.29 is 9.53 Å². The van der Waals surface area contributed by atoms with Crippen molar-refractivity contribution in [3.05, 3.63) is 46.7 Å². The van der Waals surface area contributed by atoms with Crippen molar-refractivity contribution in [2.24, 2.45) is 0 Å². The Hall–Kier alpha value is -2.74. The van der Waals surface area contributed by atoms with Crippen molar-refractivity contribution >= 4 is 17.2 Å². The maximum atomic E-state index is 12.6. The second-order valence-corrected chi connectivity index (χ2v) is 6.20. The van der Waals surface area contributed by atoms with E-state index >= 15 is 0 Å². The molecule has 0 spiro atoms. The van der Waals surface area contributed by atoms with Crippen molar-refractivity contribution in [3.8, 4) is 16.6 Å². The summed E-state index contributed by atoms with van der Waals surface area (Å²) in [7, 11) is 1.62. The molecular formula is C16H17N5O2S. The lowest BCUT2D eigenvalue weighted by atomic mass is 10.1. The molecular weight excluding hydrogens is 326 g/mol. The van der Waals surface area contributed by atoms with Gasteiger partial charge >= 0.3 is 0 Å². The van der Waals surface area contributed by atoms with Crippen LogP contribution in [0.1, 0.15) is 33.9 Å². The number of thiazole rings is 1. The zero-order valence-electron chi connectivity index (χ0n) is 13.5. The Morgan fingerprint density at radius 1 is 1.38 bits per heavy atom. The van der Waals surface area contributed by atoms with Crippen LogP contribution in [-0.2, 0) is 0 Å². The molecule has 0 saturated heterocycles. The van der Waals surface area contributed by atoms with E-state index in [9.17, 15) is 4.79 Å². The number of rotatable bonds is 5. The van der Waals surface area contributed by atoms with Crippen LogP contribution in [0.5, 0.6) is 5.75 Å². The predicted molar refractivity (Wildman–Crippen MR) is 91.1 cm³/mol. The van der Waals surface area contributed by atoms with Crippen LogP contribution in [0.25, 0.3) is 10.8 Å². The summed E-state index contributed by atoms with van der Waals surface area (Å²) in [6, 6.07) is 7.43. The summed E-state index contributed by atoms with van der Waals surface area (Å²) in [5.41, 5.74) is 1.59. The van der Waals surface area contributed by atoms with E-state index in [-0.39, 0.29) is 11.9 Å². The number of para-hydroxylation sites is 1. The number of methoxy groups -OCH3 is 1. The van der Waals surface area contributed by atoms with Gasteiger partial charge in [0.05, 0.1) is 18.8 Å². The van der Waals surface area contributed by atoms with Crippen molar-refractivity contribution in [2.45, 2.75) is 19.9 Å². The lowest BCUT2D eigenvalue weighted by Gasteiger charge is -2.16. The van der Waals surface area contributed by atoms with Gasteiger partial charge in [0.2, 0.25) is 0 Å². The standard InChI is InChI=1S/C16H17N5O2S/c1-9(11-6-4-5-7-12(11)23-3)19-15(22)13-10(2)20-16(24-13)14-17-8-18-21-14/h4-9H,1-3H3,(H,19,22)(H,17,18,21). The number of nitrogens with zero attached hydrogens (tertiary/aromatic N) is 3. The number of amides is 1. The summed E-state index contributed by atoms with van der Waals surface area (Å²) >= 11 is 1.28. The van der Waals surface area contributed by atoms with Crippen molar-refractivity contribution in [2.75, 3.05) is 7.11 Å². The van der Waals surface area contributed by atoms with Gasteiger partial charge in [0.25, 0.3) is 5.91 Å². The molecule has 2 aromatic heterocycles. The molecule has 1 amide bonds. The minimum atomic E-state index is -0.191. The van der Waals surface area contributed by atoms with Crippen LogP contribution in [0.2, 0.25) is 0 Å². The molecule has 1 aromatic carbocycles. The number of carbonyl (C=O) groups is 1. The van der Waals surface area contributed by atoms with Crippen LogP contribution < -0.4 is 10.1 Å². The lowest BCUT2D eigenvalue weighted by molar-refractivity contribution is 0.0943. The van der Waals surface area contributed by atoms with Crippen LogP contribution in [0.15, 0.2) is 30.6 Å². The topological polar surface area (TPSA) is 92.8 Å². The molecule has 124 valence electrons. The molecule has 0 aliphatic rings. The first-order valence-electron chi connectivity index (χ1n) is 7.37. The third-order valence-electron chi connectivity index (χ3n) is 3.57. The molecule has 8 heteroatoms. The highest BCUT2D eigenvalue weighted by Gasteiger charge is 2.20. The number of H-pyrrole nitrogens is 1. The maximum Gasteiger partial charge on any atom is 0.263 e. The number of nitrogens with one attached hydrogen (secondary N) is 2. The van der Waals surface area contributed by atoms with Gasteiger partial charge in [-0.1, -0.05) is 18.2 Å². The molecule has 0 fully saturated rings. The SMILES string of the molecule is COc1ccccc1C(C)NC(=O)c1sc(-c2ncn[nH]2)nc1C. The number of benzene rings is 1. The second-order valence-electron chi connectivity index (χ2n) is 5.20. The Balaban J connectivity index is 1.80. The second kappa shape index (κ2) is 6.79. The molecule has 1 unspecified atom stereocenters. The average molecular weight is 343 g/mol. The summed E-state index contributed by atoms with van der Waals surface area (Å²) < 4.78 is 5.35. The normalized spacial score (nSPS) is 12.0. The van der Waals surface area contributed by atoms with E-state index in [0.717, 1.165) is 11.3 Å². The molecule has 24 heavy (non-hydrogen) atoms. The Kier molecular flexibility index (Phi) is 4.57. The minimum absolute atomic E-state index is 0.172. The third kappa shape index (κ3) is 3.13. The van der Waals surface area contributed by atoms with Gasteiger partial charge in [0.15, 0.2) is 10.8 Å². The summed E-state index contributed by atoms with van der Waals surface area (Å²) in [5.74, 6) is 1.13. The smallest absolute Gasteiger partial charge is 0.263 e. The fraction of sp³-hybridized carbons (Fsp3) is 0.250. The molecule has 3 aromatic rings. The molecule has 3 rings (SSSR count). The Morgan fingerprint density at radius 3 is 2.88 bits per heavy atom. The van der Waals surface area contributed by atoms with E-state index in [2.05, 4.69) is 25.5 Å². The van der Waals surface area contributed by atoms with E-state index in [1.165, 1.54) is 17.7 Å². The monoisotopic (exact) mass is 343 g/mol. The number of aryl methyl sites for hydroxylation is 1. The predicted octanol–water partition coefficient (Wildman–Crippen LogP) is 2.74. The van der Waals surface area contributed by atoms with Crippen molar-refractivity contribution in [1.29, 1.82) is 0 Å². The van der Waals surface area contributed by atoms with Gasteiger partial charge < -0.3 is 10.1 Å². The molecule has 0 aliphatic heterocycles. The van der Waals surface area contributed by atoms with E-state index in [1.807, 2.05) is 31.2 Å².